The van der Waals surface area contributed by atoms with E-state index in [9.17, 15) is 58.3 Å². The van der Waals surface area contributed by atoms with Crippen LogP contribution < -0.4 is 21.3 Å². The van der Waals surface area contributed by atoms with Gasteiger partial charge in [-0.15, -0.1) is 0 Å². The first kappa shape index (κ1) is 33.5. The van der Waals surface area contributed by atoms with Gasteiger partial charge in [-0.05, 0) is 49.2 Å². The second kappa shape index (κ2) is 12.7. The first-order valence-electron chi connectivity index (χ1n) is 12.5. The maximum absolute atomic E-state index is 14.0. The molecule has 0 saturated carbocycles. The van der Waals surface area contributed by atoms with Crippen molar-refractivity contribution in [3.8, 4) is 0 Å². The highest BCUT2D eigenvalue weighted by Crippen LogP contribution is 2.38. The molecule has 4 N–H and O–H groups in total. The number of primary amides is 1. The number of carbonyl (C=O) groups is 3. The lowest BCUT2D eigenvalue weighted by atomic mass is 9.83. The van der Waals surface area contributed by atoms with E-state index >= 15 is 0 Å². The molecule has 3 atom stereocenters. The number of fused-ring (bicyclic) bond motifs is 1. The molecule has 7 nitrogen and oxygen atoms in total. The highest BCUT2D eigenvalue weighted by molar-refractivity contribution is 6.03. The van der Waals surface area contributed by atoms with Crippen molar-refractivity contribution in [1.82, 2.24) is 5.32 Å². The van der Waals surface area contributed by atoms with Crippen LogP contribution in [0.2, 0.25) is 0 Å². The summed E-state index contributed by atoms with van der Waals surface area (Å²) in [5.74, 6) is -8.90. The SMILES string of the molecule is NC(=O)[C@H](CCC(F)(F)F)[C@H](CCC(F)(F)F)C(=O)N[C@H]1CN(c2cccc(C(F)(F)F)c2)c2ccc(F)cc2NC1=O. The van der Waals surface area contributed by atoms with Crippen molar-refractivity contribution in [2.75, 3.05) is 16.8 Å². The third-order valence-corrected chi connectivity index (χ3v) is 6.66. The van der Waals surface area contributed by atoms with Gasteiger partial charge in [0.25, 0.3) is 0 Å². The largest absolute Gasteiger partial charge is 0.416 e. The zero-order valence-corrected chi connectivity index (χ0v) is 21.8. The number of nitrogens with two attached hydrogens (primary N) is 1. The van der Waals surface area contributed by atoms with E-state index < -0.39 is 97.7 Å². The molecule has 0 aliphatic carbocycles. The van der Waals surface area contributed by atoms with Gasteiger partial charge in [0.05, 0.1) is 23.5 Å². The average Bonchev–Trinajstić information content (AvgIpc) is 2.99. The lowest BCUT2D eigenvalue weighted by molar-refractivity contribution is -0.152. The Labute approximate surface area is 237 Å². The van der Waals surface area contributed by atoms with Crippen molar-refractivity contribution in [3.63, 3.8) is 0 Å². The van der Waals surface area contributed by atoms with Gasteiger partial charge < -0.3 is 21.3 Å². The van der Waals surface area contributed by atoms with E-state index in [2.05, 4.69) is 10.6 Å². The van der Waals surface area contributed by atoms with Crippen molar-refractivity contribution in [1.29, 1.82) is 0 Å². The van der Waals surface area contributed by atoms with Crippen LogP contribution in [0, 0.1) is 17.7 Å². The van der Waals surface area contributed by atoms with Gasteiger partial charge in [0, 0.05) is 30.4 Å². The summed E-state index contributed by atoms with van der Waals surface area (Å²) in [6, 6.07) is 4.87. The van der Waals surface area contributed by atoms with Gasteiger partial charge in [0.2, 0.25) is 17.7 Å². The Morgan fingerprint density at radius 1 is 0.930 bits per heavy atom. The average molecular weight is 630 g/mol. The number of hydrogen-bond donors (Lipinski definition) is 3. The summed E-state index contributed by atoms with van der Waals surface area (Å²) >= 11 is 0. The van der Waals surface area contributed by atoms with Crippen LogP contribution in [0.5, 0.6) is 0 Å². The fraction of sp³-hybridized carbons (Fsp3) is 0.423. The first-order valence-corrected chi connectivity index (χ1v) is 12.5. The molecule has 43 heavy (non-hydrogen) atoms. The van der Waals surface area contributed by atoms with Crippen molar-refractivity contribution < 1.29 is 58.3 Å². The highest BCUT2D eigenvalue weighted by atomic mass is 19.4. The molecule has 1 heterocycles. The molecule has 2 aromatic carbocycles. The van der Waals surface area contributed by atoms with Crippen LogP contribution in [0.1, 0.15) is 31.2 Å². The Morgan fingerprint density at radius 3 is 2.09 bits per heavy atom. The maximum atomic E-state index is 14.0. The minimum absolute atomic E-state index is 0.0142. The summed E-state index contributed by atoms with van der Waals surface area (Å²) in [6.07, 6.45) is -20.1. The highest BCUT2D eigenvalue weighted by Gasteiger charge is 2.41. The van der Waals surface area contributed by atoms with E-state index in [1.165, 1.54) is 6.07 Å². The fourth-order valence-corrected chi connectivity index (χ4v) is 4.61. The summed E-state index contributed by atoms with van der Waals surface area (Å²) in [5.41, 5.74) is 3.65. The molecule has 0 fully saturated rings. The van der Waals surface area contributed by atoms with Gasteiger partial charge in [-0.25, -0.2) is 4.39 Å². The lowest BCUT2D eigenvalue weighted by Crippen LogP contribution is -2.52. The molecule has 0 spiro atoms. The van der Waals surface area contributed by atoms with Crippen LogP contribution in [0.25, 0.3) is 0 Å². The molecule has 0 saturated heterocycles. The van der Waals surface area contributed by atoms with Gasteiger partial charge >= 0.3 is 18.5 Å². The Kier molecular flexibility index (Phi) is 9.86. The predicted molar refractivity (Wildman–Crippen MR) is 132 cm³/mol. The maximum Gasteiger partial charge on any atom is 0.416 e. The number of carbonyl (C=O) groups excluding carboxylic acids is 3. The topological polar surface area (TPSA) is 105 Å². The minimum atomic E-state index is -4.88. The van der Waals surface area contributed by atoms with Crippen LogP contribution in [0.4, 0.5) is 61.0 Å². The number of nitrogens with one attached hydrogen (secondary N) is 2. The van der Waals surface area contributed by atoms with E-state index in [1.54, 1.807) is 0 Å². The van der Waals surface area contributed by atoms with E-state index in [4.69, 9.17) is 5.73 Å². The molecule has 1 aliphatic heterocycles. The second-order valence-electron chi connectivity index (χ2n) is 9.79. The molecule has 236 valence electrons. The standard InChI is InChI=1S/C26H24F10N4O3/c27-14-4-5-20-18(11-14)38-23(43)19(12-40(20)15-3-1-2-13(10-15)26(34,35)36)39-22(42)17(7-9-25(31,32)33)16(21(37)41)6-8-24(28,29)30/h1-5,10-11,16-17,19H,6-9,12H2,(H2,37,41)(H,38,43)(H,39,42)/t16-,17+,19+/m1/s1. The van der Waals surface area contributed by atoms with Gasteiger partial charge in [-0.1, -0.05) is 6.07 Å². The van der Waals surface area contributed by atoms with Gasteiger partial charge in [0.15, 0.2) is 0 Å². The molecule has 3 rings (SSSR count). The van der Waals surface area contributed by atoms with Crippen molar-refractivity contribution in [2.24, 2.45) is 17.6 Å². The number of halogens is 10. The first-order chi connectivity index (χ1) is 19.7. The molecule has 1 aliphatic rings. The monoisotopic (exact) mass is 630 g/mol. The molecule has 0 aromatic heterocycles. The lowest BCUT2D eigenvalue weighted by Gasteiger charge is -2.30. The van der Waals surface area contributed by atoms with E-state index in [0.717, 1.165) is 35.2 Å². The number of anilines is 3. The third-order valence-electron chi connectivity index (χ3n) is 6.66. The molecule has 3 amide bonds. The van der Waals surface area contributed by atoms with Crippen LogP contribution >= 0.6 is 0 Å². The zero-order valence-electron chi connectivity index (χ0n) is 21.8. The Bertz CT molecular complexity index is 1340. The minimum Gasteiger partial charge on any atom is -0.369 e. The molecule has 2 aromatic rings. The van der Waals surface area contributed by atoms with E-state index in [0.29, 0.717) is 6.07 Å². The Morgan fingerprint density at radius 2 is 1.53 bits per heavy atom. The predicted octanol–water partition coefficient (Wildman–Crippen LogP) is 5.82. The quantitative estimate of drug-likeness (QED) is 0.304. The summed E-state index contributed by atoms with van der Waals surface area (Å²) in [6.45, 7) is -0.646. The van der Waals surface area contributed by atoms with Crippen LogP contribution in [0.15, 0.2) is 42.5 Å². The summed E-state index contributed by atoms with van der Waals surface area (Å²) in [5, 5.41) is 4.38. The van der Waals surface area contributed by atoms with Crippen molar-refractivity contribution >= 4 is 34.8 Å². The second-order valence-corrected chi connectivity index (χ2v) is 9.79. The van der Waals surface area contributed by atoms with Crippen LogP contribution in [-0.4, -0.2) is 42.7 Å². The molecule has 0 bridgehead atoms. The number of benzene rings is 2. The number of rotatable bonds is 9. The van der Waals surface area contributed by atoms with Gasteiger partial charge in [-0.2, -0.15) is 39.5 Å². The molecule has 0 unspecified atom stereocenters. The molecule has 0 radical (unpaired) electrons. The number of nitrogens with zero attached hydrogens (tertiary/aromatic N) is 1. The third kappa shape index (κ3) is 9.22. The van der Waals surface area contributed by atoms with E-state index in [-0.39, 0.29) is 17.1 Å². The molecule has 17 heteroatoms. The number of hydrogen-bond acceptors (Lipinski definition) is 4. The smallest absolute Gasteiger partial charge is 0.369 e. The van der Waals surface area contributed by atoms with Crippen molar-refractivity contribution in [2.45, 2.75) is 50.3 Å². The Balaban J connectivity index is 2.00. The fourth-order valence-electron chi connectivity index (χ4n) is 4.61. The normalized spacial score (nSPS) is 17.4. The molecular weight excluding hydrogens is 606 g/mol. The number of alkyl halides is 9. The summed E-state index contributed by atoms with van der Waals surface area (Å²) < 4.78 is 132. The Hall–Kier alpha value is -4.05. The van der Waals surface area contributed by atoms with Crippen LogP contribution in [-0.2, 0) is 20.6 Å². The zero-order chi connectivity index (χ0) is 32.3. The summed E-state index contributed by atoms with van der Waals surface area (Å²) in [7, 11) is 0. The van der Waals surface area contributed by atoms with Crippen LogP contribution in [0.3, 0.4) is 0 Å². The summed E-state index contributed by atoms with van der Waals surface area (Å²) in [4.78, 5) is 39.4. The van der Waals surface area contributed by atoms with E-state index in [1.807, 2.05) is 0 Å². The number of amides is 3. The van der Waals surface area contributed by atoms with Gasteiger partial charge in [-0.3, -0.25) is 14.4 Å². The molecular formula is C26H24F10N4O3. The van der Waals surface area contributed by atoms with Crippen molar-refractivity contribution in [3.05, 3.63) is 53.8 Å². The van der Waals surface area contributed by atoms with Gasteiger partial charge in [0.1, 0.15) is 11.9 Å².